The monoisotopic (exact) mass is 277 g/mol. The molecule has 4 rings (SSSR count). The number of nitrogens with one attached hydrogen (secondary N) is 2. The average Bonchev–Trinajstić information content (AvgIpc) is 3.07. The average molecular weight is 277 g/mol. The van der Waals surface area contributed by atoms with Crippen molar-refractivity contribution in [3.63, 3.8) is 0 Å². The van der Waals surface area contributed by atoms with E-state index in [9.17, 15) is 0 Å². The molecule has 2 N–H and O–H groups in total. The van der Waals surface area contributed by atoms with Gasteiger partial charge in [-0.15, -0.1) is 0 Å². The van der Waals surface area contributed by atoms with Crippen molar-refractivity contribution in [2.75, 3.05) is 7.05 Å². The summed E-state index contributed by atoms with van der Waals surface area (Å²) in [6.45, 7) is 0. The van der Waals surface area contributed by atoms with Crippen molar-refractivity contribution in [1.82, 2.24) is 15.3 Å². The molecule has 0 bridgehead atoms. The molecule has 21 heavy (non-hydrogen) atoms. The molecular weight excluding hydrogens is 262 g/mol. The number of rotatable bonds is 3. The SMILES string of the molecule is CNC1(Cc2nc3ccccc3[nH]2)N=c2ccccc2=N1. The Hall–Kier alpha value is -2.53. The lowest BCUT2D eigenvalue weighted by atomic mass is 10.2. The van der Waals surface area contributed by atoms with Crippen LogP contribution in [0.25, 0.3) is 11.0 Å². The highest BCUT2D eigenvalue weighted by molar-refractivity contribution is 5.74. The Kier molecular flexibility index (Phi) is 2.62. The molecule has 5 nitrogen and oxygen atoms in total. The third-order valence-corrected chi connectivity index (χ3v) is 3.75. The van der Waals surface area contributed by atoms with Crippen LogP contribution in [0.2, 0.25) is 0 Å². The van der Waals surface area contributed by atoms with Gasteiger partial charge in [-0.25, -0.2) is 15.0 Å². The van der Waals surface area contributed by atoms with Crippen LogP contribution in [0.5, 0.6) is 0 Å². The first-order valence-corrected chi connectivity index (χ1v) is 6.95. The number of benzene rings is 2. The topological polar surface area (TPSA) is 65.4 Å². The summed E-state index contributed by atoms with van der Waals surface area (Å²) in [5, 5.41) is 5.06. The number of nitrogens with zero attached hydrogens (tertiary/aromatic N) is 3. The van der Waals surface area contributed by atoms with E-state index in [0.29, 0.717) is 6.42 Å². The molecule has 0 aliphatic carbocycles. The molecule has 0 saturated heterocycles. The Morgan fingerprint density at radius 3 is 2.33 bits per heavy atom. The standard InChI is InChI=1S/C16H15N5/c1-17-16(20-13-8-4-5-9-14(13)21-16)10-15-18-11-6-2-3-7-12(11)19-15/h2-9,17H,10H2,1H3,(H,18,19). The molecule has 2 aromatic carbocycles. The minimum atomic E-state index is -0.669. The van der Waals surface area contributed by atoms with Crippen LogP contribution in [0, 0.1) is 0 Å². The number of aromatic nitrogens is 2. The van der Waals surface area contributed by atoms with Crippen molar-refractivity contribution >= 4 is 11.0 Å². The normalized spacial score (nSPS) is 15.5. The lowest BCUT2D eigenvalue weighted by Crippen LogP contribution is -2.41. The number of fused-ring (bicyclic) bond motifs is 2. The Morgan fingerprint density at radius 1 is 1.00 bits per heavy atom. The van der Waals surface area contributed by atoms with E-state index in [1.807, 2.05) is 55.6 Å². The van der Waals surface area contributed by atoms with Crippen LogP contribution in [0.15, 0.2) is 58.5 Å². The summed E-state index contributed by atoms with van der Waals surface area (Å²) in [6.07, 6.45) is 0.590. The summed E-state index contributed by atoms with van der Waals surface area (Å²) in [5.74, 6) is 0.211. The number of aromatic amines is 1. The zero-order valence-electron chi connectivity index (χ0n) is 11.7. The molecule has 0 saturated carbocycles. The van der Waals surface area contributed by atoms with Crippen LogP contribution in [0.1, 0.15) is 5.82 Å². The van der Waals surface area contributed by atoms with Crippen molar-refractivity contribution in [2.24, 2.45) is 9.98 Å². The molecule has 0 unspecified atom stereocenters. The second kappa shape index (κ2) is 4.49. The molecule has 3 aromatic rings. The van der Waals surface area contributed by atoms with Crippen LogP contribution in [-0.2, 0) is 6.42 Å². The van der Waals surface area contributed by atoms with Crippen LogP contribution in [0.4, 0.5) is 0 Å². The molecule has 0 spiro atoms. The molecule has 0 amide bonds. The molecule has 1 aromatic heterocycles. The fraction of sp³-hybridized carbons (Fsp3) is 0.188. The maximum absolute atomic E-state index is 4.73. The molecule has 1 aliphatic heterocycles. The van der Waals surface area contributed by atoms with Crippen molar-refractivity contribution in [3.05, 3.63) is 65.1 Å². The summed E-state index contributed by atoms with van der Waals surface area (Å²) >= 11 is 0. The predicted molar refractivity (Wildman–Crippen MR) is 80.3 cm³/mol. The minimum absolute atomic E-state index is 0.590. The van der Waals surface area contributed by atoms with Gasteiger partial charge in [-0.1, -0.05) is 24.3 Å². The van der Waals surface area contributed by atoms with Gasteiger partial charge in [0.1, 0.15) is 5.82 Å². The quantitative estimate of drug-likeness (QED) is 0.748. The summed E-state index contributed by atoms with van der Waals surface area (Å²) in [5.41, 5.74) is 2.00. The fourth-order valence-electron chi connectivity index (χ4n) is 2.68. The van der Waals surface area contributed by atoms with Gasteiger partial charge in [0.2, 0.25) is 5.79 Å². The van der Waals surface area contributed by atoms with E-state index >= 15 is 0 Å². The van der Waals surface area contributed by atoms with Gasteiger partial charge in [0.05, 0.1) is 28.2 Å². The summed E-state index contributed by atoms with van der Waals surface area (Å²) in [6, 6.07) is 15.9. The van der Waals surface area contributed by atoms with Gasteiger partial charge >= 0.3 is 0 Å². The number of likely N-dealkylation sites (N-methyl/N-ethyl adjacent to an activating group) is 1. The molecule has 0 fully saturated rings. The maximum Gasteiger partial charge on any atom is 0.212 e. The van der Waals surface area contributed by atoms with E-state index in [-0.39, 0.29) is 0 Å². The second-order valence-electron chi connectivity index (χ2n) is 5.16. The second-order valence-corrected chi connectivity index (χ2v) is 5.16. The van der Waals surface area contributed by atoms with Gasteiger partial charge in [0.15, 0.2) is 0 Å². The van der Waals surface area contributed by atoms with E-state index in [2.05, 4.69) is 15.3 Å². The van der Waals surface area contributed by atoms with Gasteiger partial charge in [-0.3, -0.25) is 5.32 Å². The number of H-pyrrole nitrogens is 1. The summed E-state index contributed by atoms with van der Waals surface area (Å²) < 4.78 is 0. The Balaban J connectivity index is 1.77. The highest BCUT2D eigenvalue weighted by Crippen LogP contribution is 2.18. The molecule has 5 heteroatoms. The molecule has 1 aliphatic rings. The van der Waals surface area contributed by atoms with Crippen molar-refractivity contribution < 1.29 is 0 Å². The van der Waals surface area contributed by atoms with Gasteiger partial charge in [-0.2, -0.15) is 0 Å². The molecule has 0 atom stereocenters. The zero-order chi connectivity index (χ0) is 14.3. The molecule has 0 radical (unpaired) electrons. The van der Waals surface area contributed by atoms with E-state index in [4.69, 9.17) is 9.98 Å². The number of hydrogen-bond donors (Lipinski definition) is 2. The first-order chi connectivity index (χ1) is 10.3. The number of para-hydroxylation sites is 4. The zero-order valence-corrected chi connectivity index (χ0v) is 11.7. The molecule has 104 valence electrons. The third-order valence-electron chi connectivity index (χ3n) is 3.75. The highest BCUT2D eigenvalue weighted by atomic mass is 15.3. The number of imidazole rings is 1. The largest absolute Gasteiger partial charge is 0.342 e. The Bertz CT molecular complexity index is 857. The molecular formula is C16H15N5. The first kappa shape index (κ1) is 12.2. The first-order valence-electron chi connectivity index (χ1n) is 6.95. The van der Waals surface area contributed by atoms with Crippen molar-refractivity contribution in [3.8, 4) is 0 Å². The highest BCUT2D eigenvalue weighted by Gasteiger charge is 2.30. The summed E-state index contributed by atoms with van der Waals surface area (Å²) in [7, 11) is 1.88. The van der Waals surface area contributed by atoms with Crippen LogP contribution < -0.4 is 16.0 Å². The van der Waals surface area contributed by atoms with E-state index in [1.165, 1.54) is 0 Å². The van der Waals surface area contributed by atoms with Gasteiger partial charge in [0, 0.05) is 0 Å². The van der Waals surface area contributed by atoms with Crippen molar-refractivity contribution in [2.45, 2.75) is 12.2 Å². The van der Waals surface area contributed by atoms with Gasteiger partial charge in [0.25, 0.3) is 0 Å². The maximum atomic E-state index is 4.73. The van der Waals surface area contributed by atoms with E-state index in [1.54, 1.807) is 0 Å². The third kappa shape index (κ3) is 2.02. The predicted octanol–water partition coefficient (Wildman–Crippen LogP) is 0.932. The molecule has 2 heterocycles. The smallest absolute Gasteiger partial charge is 0.212 e. The lowest BCUT2D eigenvalue weighted by molar-refractivity contribution is 0.371. The van der Waals surface area contributed by atoms with E-state index < -0.39 is 5.79 Å². The van der Waals surface area contributed by atoms with Crippen molar-refractivity contribution in [1.29, 1.82) is 0 Å². The van der Waals surface area contributed by atoms with E-state index in [0.717, 1.165) is 27.6 Å². The van der Waals surface area contributed by atoms with Gasteiger partial charge in [-0.05, 0) is 31.3 Å². The lowest BCUT2D eigenvalue weighted by Gasteiger charge is -2.20. The minimum Gasteiger partial charge on any atom is -0.342 e. The Labute approximate surface area is 121 Å². The number of hydrogen-bond acceptors (Lipinski definition) is 4. The summed E-state index contributed by atoms with van der Waals surface area (Å²) in [4.78, 5) is 17.4. The fourth-order valence-corrected chi connectivity index (χ4v) is 2.68. The Morgan fingerprint density at radius 2 is 1.67 bits per heavy atom. The van der Waals surface area contributed by atoms with Crippen LogP contribution >= 0.6 is 0 Å². The van der Waals surface area contributed by atoms with Crippen LogP contribution in [0.3, 0.4) is 0 Å². The van der Waals surface area contributed by atoms with Gasteiger partial charge < -0.3 is 4.98 Å². The van der Waals surface area contributed by atoms with Crippen LogP contribution in [-0.4, -0.2) is 22.8 Å².